The largest absolute Gasteiger partial charge is 0.493 e. The van der Waals surface area contributed by atoms with Crippen LogP contribution in [0.1, 0.15) is 0 Å². The molecule has 0 saturated carbocycles. The number of carbonyl (C=O) groups is 1. The van der Waals surface area contributed by atoms with Crippen molar-refractivity contribution in [2.45, 2.75) is 6.54 Å². The van der Waals surface area contributed by atoms with Crippen molar-refractivity contribution in [1.82, 2.24) is 9.55 Å². The molecule has 0 aliphatic carbocycles. The molecule has 4 aromatic rings. The van der Waals surface area contributed by atoms with Crippen LogP contribution >= 0.6 is 11.3 Å². The predicted octanol–water partition coefficient (Wildman–Crippen LogP) is 3.78. The second kappa shape index (κ2) is 8.38. The number of amides is 1. The number of nitrogens with zero attached hydrogens (tertiary/aromatic N) is 2. The van der Waals surface area contributed by atoms with Gasteiger partial charge in [0.05, 0.1) is 25.9 Å². The van der Waals surface area contributed by atoms with Crippen molar-refractivity contribution >= 4 is 33.1 Å². The fourth-order valence-corrected chi connectivity index (χ4v) is 4.08. The fraction of sp³-hybridized carbons (Fsp3) is 0.136. The summed E-state index contributed by atoms with van der Waals surface area (Å²) in [6.07, 6.45) is 1.41. The van der Waals surface area contributed by atoms with Crippen molar-refractivity contribution < 1.29 is 14.3 Å². The zero-order chi connectivity index (χ0) is 21.1. The van der Waals surface area contributed by atoms with Crippen LogP contribution in [0, 0.1) is 0 Å². The molecule has 0 fully saturated rings. The molecule has 2 aromatic carbocycles. The van der Waals surface area contributed by atoms with E-state index in [1.54, 1.807) is 25.3 Å². The number of hydrogen-bond donors (Lipinski definition) is 1. The number of rotatable bonds is 6. The summed E-state index contributed by atoms with van der Waals surface area (Å²) in [5, 5.41) is 3.26. The predicted molar refractivity (Wildman–Crippen MR) is 117 cm³/mol. The normalized spacial score (nSPS) is 10.7. The monoisotopic (exact) mass is 421 g/mol. The second-order valence-electron chi connectivity index (χ2n) is 6.49. The molecule has 0 aliphatic rings. The highest BCUT2D eigenvalue weighted by Gasteiger charge is 2.13. The number of methoxy groups -OCH3 is 2. The third kappa shape index (κ3) is 3.90. The number of hydrogen-bond acceptors (Lipinski definition) is 6. The molecule has 0 atom stereocenters. The van der Waals surface area contributed by atoms with Gasteiger partial charge in [-0.05, 0) is 23.8 Å². The number of carbonyl (C=O) groups excluding carboxylic acids is 1. The Balaban J connectivity index is 1.56. The Kier molecular flexibility index (Phi) is 5.49. The zero-order valence-corrected chi connectivity index (χ0v) is 17.2. The lowest BCUT2D eigenvalue weighted by Gasteiger charge is -2.11. The van der Waals surface area contributed by atoms with Gasteiger partial charge >= 0.3 is 0 Å². The van der Waals surface area contributed by atoms with E-state index < -0.39 is 0 Å². The molecule has 2 aromatic heterocycles. The molecule has 1 amide bonds. The summed E-state index contributed by atoms with van der Waals surface area (Å²) in [6, 6.07) is 16.7. The quantitative estimate of drug-likeness (QED) is 0.512. The molecule has 0 unspecified atom stereocenters. The molecule has 0 aliphatic heterocycles. The third-order valence-corrected chi connectivity index (χ3v) is 5.65. The first-order chi connectivity index (χ1) is 14.6. The van der Waals surface area contributed by atoms with Crippen LogP contribution in [0.4, 0.5) is 5.69 Å². The summed E-state index contributed by atoms with van der Waals surface area (Å²) in [6.45, 7) is -0.146. The maximum absolute atomic E-state index is 12.9. The molecular weight excluding hydrogens is 402 g/mol. The highest BCUT2D eigenvalue weighted by atomic mass is 32.1. The zero-order valence-electron chi connectivity index (χ0n) is 16.4. The average Bonchev–Trinajstić information content (AvgIpc) is 3.21. The highest BCUT2D eigenvalue weighted by molar-refractivity contribution is 7.21. The topological polar surface area (TPSA) is 82.5 Å². The maximum Gasteiger partial charge on any atom is 0.262 e. The van der Waals surface area contributed by atoms with E-state index in [0.29, 0.717) is 27.4 Å². The number of thiophene rings is 1. The van der Waals surface area contributed by atoms with E-state index in [0.717, 1.165) is 10.4 Å². The van der Waals surface area contributed by atoms with Crippen LogP contribution in [0.5, 0.6) is 11.5 Å². The van der Waals surface area contributed by atoms with E-state index in [2.05, 4.69) is 10.3 Å². The summed E-state index contributed by atoms with van der Waals surface area (Å²) in [5.74, 6) is 0.722. The smallest absolute Gasteiger partial charge is 0.262 e. The molecular formula is C22H19N3O4S. The summed E-state index contributed by atoms with van der Waals surface area (Å²) < 4.78 is 11.7. The molecule has 8 heteroatoms. The molecule has 4 rings (SSSR count). The number of nitrogens with one attached hydrogen (secondary N) is 1. The van der Waals surface area contributed by atoms with Crippen LogP contribution in [0.2, 0.25) is 0 Å². The summed E-state index contributed by atoms with van der Waals surface area (Å²) >= 11 is 1.45. The van der Waals surface area contributed by atoms with Crippen LogP contribution in [0.25, 0.3) is 20.7 Å². The van der Waals surface area contributed by atoms with Gasteiger partial charge in [-0.3, -0.25) is 14.2 Å². The average molecular weight is 421 g/mol. The van der Waals surface area contributed by atoms with Gasteiger partial charge in [-0.1, -0.05) is 30.3 Å². The van der Waals surface area contributed by atoms with E-state index in [1.807, 2.05) is 36.4 Å². The van der Waals surface area contributed by atoms with Gasteiger partial charge in [0.2, 0.25) is 5.91 Å². The third-order valence-electron chi connectivity index (χ3n) is 4.56. The van der Waals surface area contributed by atoms with Crippen molar-refractivity contribution in [3.8, 4) is 21.9 Å². The van der Waals surface area contributed by atoms with E-state index in [-0.39, 0.29) is 18.0 Å². The number of aromatic nitrogens is 2. The standard InChI is InChI=1S/C22H19N3O4S/c1-28-17-9-8-15(10-18(17)29-2)24-20(26)12-25-13-23-21-16(22(25)27)11-19(30-21)14-6-4-3-5-7-14/h3-11,13H,12H2,1-2H3,(H,24,26). The Bertz CT molecular complexity index is 1260. The Labute approximate surface area is 176 Å². The van der Waals surface area contributed by atoms with Crippen LogP contribution in [0.15, 0.2) is 65.7 Å². The summed E-state index contributed by atoms with van der Waals surface area (Å²) in [5.41, 5.74) is 1.32. The number of ether oxygens (including phenoxy) is 2. The molecule has 0 radical (unpaired) electrons. The highest BCUT2D eigenvalue weighted by Crippen LogP contribution is 2.31. The number of anilines is 1. The van der Waals surface area contributed by atoms with Gasteiger partial charge in [0.15, 0.2) is 11.5 Å². The minimum Gasteiger partial charge on any atom is -0.493 e. The van der Waals surface area contributed by atoms with E-state index in [9.17, 15) is 9.59 Å². The van der Waals surface area contributed by atoms with E-state index in [4.69, 9.17) is 9.47 Å². The molecule has 0 spiro atoms. The molecule has 1 N–H and O–H groups in total. The molecule has 0 saturated heterocycles. The fourth-order valence-electron chi connectivity index (χ4n) is 3.09. The lowest BCUT2D eigenvalue weighted by atomic mass is 10.2. The Morgan fingerprint density at radius 1 is 1.07 bits per heavy atom. The van der Waals surface area contributed by atoms with Gasteiger partial charge in [0, 0.05) is 16.6 Å². The Morgan fingerprint density at radius 3 is 2.57 bits per heavy atom. The van der Waals surface area contributed by atoms with Gasteiger partial charge in [-0.2, -0.15) is 0 Å². The number of fused-ring (bicyclic) bond motifs is 1. The van der Waals surface area contributed by atoms with Crippen molar-refractivity contribution in [2.75, 3.05) is 19.5 Å². The van der Waals surface area contributed by atoms with Crippen molar-refractivity contribution in [3.05, 3.63) is 71.3 Å². The van der Waals surface area contributed by atoms with Gasteiger partial charge in [0.1, 0.15) is 11.4 Å². The van der Waals surface area contributed by atoms with Gasteiger partial charge < -0.3 is 14.8 Å². The molecule has 152 valence electrons. The first kappa shape index (κ1) is 19.7. The van der Waals surface area contributed by atoms with Gasteiger partial charge in [0.25, 0.3) is 5.56 Å². The van der Waals surface area contributed by atoms with Gasteiger partial charge in [-0.15, -0.1) is 11.3 Å². The van der Waals surface area contributed by atoms with E-state index in [1.165, 1.54) is 29.3 Å². The SMILES string of the molecule is COc1ccc(NC(=O)Cn2cnc3sc(-c4ccccc4)cc3c2=O)cc1OC. The lowest BCUT2D eigenvalue weighted by Crippen LogP contribution is -2.27. The van der Waals surface area contributed by atoms with Crippen LogP contribution in [-0.4, -0.2) is 29.7 Å². The van der Waals surface area contributed by atoms with Crippen molar-refractivity contribution in [1.29, 1.82) is 0 Å². The Morgan fingerprint density at radius 2 is 1.83 bits per heavy atom. The molecule has 0 bridgehead atoms. The van der Waals surface area contributed by atoms with E-state index >= 15 is 0 Å². The van der Waals surface area contributed by atoms with Gasteiger partial charge in [-0.25, -0.2) is 4.98 Å². The summed E-state index contributed by atoms with van der Waals surface area (Å²) in [4.78, 5) is 31.3. The minimum atomic E-state index is -0.344. The van der Waals surface area contributed by atoms with Crippen molar-refractivity contribution in [3.63, 3.8) is 0 Å². The molecule has 7 nitrogen and oxygen atoms in total. The van der Waals surface area contributed by atoms with Crippen LogP contribution in [-0.2, 0) is 11.3 Å². The minimum absolute atomic E-state index is 0.146. The first-order valence-corrected chi connectivity index (χ1v) is 9.97. The van der Waals surface area contributed by atoms with Crippen molar-refractivity contribution in [2.24, 2.45) is 0 Å². The first-order valence-electron chi connectivity index (χ1n) is 9.15. The maximum atomic E-state index is 12.9. The lowest BCUT2D eigenvalue weighted by molar-refractivity contribution is -0.116. The summed E-state index contributed by atoms with van der Waals surface area (Å²) in [7, 11) is 3.06. The Hall–Kier alpha value is -3.65. The molecule has 2 heterocycles. The second-order valence-corrected chi connectivity index (χ2v) is 7.52. The number of benzene rings is 2. The van der Waals surface area contributed by atoms with Crippen LogP contribution in [0.3, 0.4) is 0 Å². The molecule has 30 heavy (non-hydrogen) atoms. The van der Waals surface area contributed by atoms with Crippen LogP contribution < -0.4 is 20.3 Å².